The van der Waals surface area contributed by atoms with Crippen molar-refractivity contribution in [2.45, 2.75) is 17.1 Å². The Morgan fingerprint density at radius 1 is 1.14 bits per heavy atom. The van der Waals surface area contributed by atoms with E-state index in [0.29, 0.717) is 5.56 Å². The molecule has 0 bridgehead atoms. The first-order valence-electron chi connectivity index (χ1n) is 6.41. The Labute approximate surface area is 123 Å². The van der Waals surface area contributed by atoms with Gasteiger partial charge in [0.2, 0.25) is 10.0 Å². The Kier molecular flexibility index (Phi) is 4.33. The maximum atomic E-state index is 12.2. The third kappa shape index (κ3) is 3.08. The van der Waals surface area contributed by atoms with Crippen molar-refractivity contribution in [3.8, 4) is 0 Å². The molecule has 1 aromatic carbocycles. The van der Waals surface area contributed by atoms with E-state index in [4.69, 9.17) is 0 Å². The van der Waals surface area contributed by atoms with Gasteiger partial charge < -0.3 is 15.1 Å². The highest BCUT2D eigenvalue weighted by atomic mass is 32.2. The fourth-order valence-corrected chi connectivity index (χ4v) is 3.00. The van der Waals surface area contributed by atoms with Crippen molar-refractivity contribution in [2.75, 3.05) is 27.2 Å². The quantitative estimate of drug-likeness (QED) is 0.754. The third-order valence-electron chi connectivity index (χ3n) is 3.43. The molecule has 2 N–H and O–H groups in total. The van der Waals surface area contributed by atoms with Gasteiger partial charge in [-0.1, -0.05) is 0 Å². The van der Waals surface area contributed by atoms with Crippen molar-refractivity contribution in [2.24, 2.45) is 0 Å². The molecular formula is C13H18N2O5S. The molecule has 1 aliphatic heterocycles. The van der Waals surface area contributed by atoms with Gasteiger partial charge in [-0.25, -0.2) is 12.7 Å². The summed E-state index contributed by atoms with van der Waals surface area (Å²) in [6.45, 7) is 0.134. The molecule has 1 amide bonds. The second-order valence-electron chi connectivity index (χ2n) is 5.16. The predicted molar refractivity (Wildman–Crippen MR) is 75.2 cm³/mol. The molecule has 0 aliphatic carbocycles. The van der Waals surface area contributed by atoms with Crippen molar-refractivity contribution < 1.29 is 23.4 Å². The summed E-state index contributed by atoms with van der Waals surface area (Å²) in [6, 6.07) is 5.59. The molecule has 2 rings (SSSR count). The first-order chi connectivity index (χ1) is 9.73. The Hall–Kier alpha value is -1.48. The molecule has 0 aromatic heterocycles. The molecule has 116 valence electrons. The van der Waals surface area contributed by atoms with E-state index in [-0.39, 0.29) is 23.9 Å². The minimum atomic E-state index is -3.53. The van der Waals surface area contributed by atoms with Crippen LogP contribution in [0, 0.1) is 0 Å². The van der Waals surface area contributed by atoms with Crippen molar-refractivity contribution in [1.82, 2.24) is 9.21 Å². The highest BCUT2D eigenvalue weighted by molar-refractivity contribution is 7.89. The van der Waals surface area contributed by atoms with Gasteiger partial charge in [0.1, 0.15) is 0 Å². The highest BCUT2D eigenvalue weighted by Crippen LogP contribution is 2.17. The minimum Gasteiger partial charge on any atom is -0.388 e. The third-order valence-corrected chi connectivity index (χ3v) is 5.26. The van der Waals surface area contributed by atoms with E-state index in [1.807, 2.05) is 0 Å². The summed E-state index contributed by atoms with van der Waals surface area (Å²) in [7, 11) is -0.664. The Morgan fingerprint density at radius 2 is 1.62 bits per heavy atom. The average Bonchev–Trinajstić information content (AvgIpc) is 2.78. The zero-order valence-electron chi connectivity index (χ0n) is 11.8. The molecule has 1 fully saturated rings. The summed E-state index contributed by atoms with van der Waals surface area (Å²) >= 11 is 0. The average molecular weight is 314 g/mol. The first kappa shape index (κ1) is 15.9. The number of likely N-dealkylation sites (tertiary alicyclic amines) is 1. The summed E-state index contributed by atoms with van der Waals surface area (Å²) in [5, 5.41) is 18.9. The van der Waals surface area contributed by atoms with Crippen LogP contribution >= 0.6 is 0 Å². The van der Waals surface area contributed by atoms with Gasteiger partial charge in [0, 0.05) is 32.7 Å². The Morgan fingerprint density at radius 3 is 2.05 bits per heavy atom. The van der Waals surface area contributed by atoms with Crippen LogP contribution in [0.2, 0.25) is 0 Å². The lowest BCUT2D eigenvalue weighted by Crippen LogP contribution is -2.30. The molecule has 21 heavy (non-hydrogen) atoms. The lowest BCUT2D eigenvalue weighted by atomic mass is 10.2. The summed E-state index contributed by atoms with van der Waals surface area (Å²) in [5.74, 6) is -0.348. The van der Waals surface area contributed by atoms with Gasteiger partial charge in [0.25, 0.3) is 5.91 Å². The van der Waals surface area contributed by atoms with Crippen LogP contribution in [0.25, 0.3) is 0 Å². The number of aliphatic hydroxyl groups is 2. The molecule has 1 saturated heterocycles. The molecule has 8 heteroatoms. The lowest BCUT2D eigenvalue weighted by molar-refractivity contribution is 0.0572. The van der Waals surface area contributed by atoms with Gasteiger partial charge in [-0.2, -0.15) is 0 Å². The zero-order chi connectivity index (χ0) is 15.8. The van der Waals surface area contributed by atoms with Gasteiger partial charge in [0.05, 0.1) is 17.1 Å². The largest absolute Gasteiger partial charge is 0.388 e. The van der Waals surface area contributed by atoms with E-state index in [0.717, 1.165) is 4.31 Å². The van der Waals surface area contributed by atoms with E-state index in [9.17, 15) is 23.4 Å². The van der Waals surface area contributed by atoms with Crippen molar-refractivity contribution in [1.29, 1.82) is 0 Å². The van der Waals surface area contributed by atoms with E-state index in [1.54, 1.807) is 0 Å². The fourth-order valence-electron chi connectivity index (χ4n) is 2.10. The maximum absolute atomic E-state index is 12.2. The SMILES string of the molecule is CN(C)S(=O)(=O)c1ccc(C(=O)N2C[C@@H](O)[C@@H](O)C2)cc1. The number of benzene rings is 1. The summed E-state index contributed by atoms with van der Waals surface area (Å²) < 4.78 is 24.9. The van der Waals surface area contributed by atoms with Crippen LogP contribution in [-0.2, 0) is 10.0 Å². The van der Waals surface area contributed by atoms with Crippen LogP contribution < -0.4 is 0 Å². The lowest BCUT2D eigenvalue weighted by Gasteiger charge is -2.16. The monoisotopic (exact) mass is 314 g/mol. The number of rotatable bonds is 3. The van der Waals surface area contributed by atoms with E-state index in [2.05, 4.69) is 0 Å². The van der Waals surface area contributed by atoms with E-state index >= 15 is 0 Å². The van der Waals surface area contributed by atoms with Crippen LogP contribution in [0.15, 0.2) is 29.2 Å². The number of amides is 1. The van der Waals surface area contributed by atoms with Crippen LogP contribution in [-0.4, -0.2) is 73.1 Å². The highest BCUT2D eigenvalue weighted by Gasteiger charge is 2.33. The number of carbonyl (C=O) groups excluding carboxylic acids is 1. The van der Waals surface area contributed by atoms with Crippen LogP contribution in [0.3, 0.4) is 0 Å². The van der Waals surface area contributed by atoms with Crippen LogP contribution in [0.5, 0.6) is 0 Å². The molecular weight excluding hydrogens is 296 g/mol. The van der Waals surface area contributed by atoms with Crippen LogP contribution in [0.4, 0.5) is 0 Å². The summed E-state index contributed by atoms with van der Waals surface area (Å²) in [4.78, 5) is 13.6. The van der Waals surface area contributed by atoms with E-state index < -0.39 is 22.2 Å². The Balaban J connectivity index is 2.18. The number of aliphatic hydroxyl groups excluding tert-OH is 2. The molecule has 0 unspecified atom stereocenters. The van der Waals surface area contributed by atoms with Crippen molar-refractivity contribution in [3.05, 3.63) is 29.8 Å². The zero-order valence-corrected chi connectivity index (χ0v) is 12.6. The maximum Gasteiger partial charge on any atom is 0.254 e. The predicted octanol–water partition coefficient (Wildman–Crippen LogP) is -0.885. The Bertz CT molecular complexity index is 616. The molecule has 1 heterocycles. The van der Waals surface area contributed by atoms with Gasteiger partial charge >= 0.3 is 0 Å². The smallest absolute Gasteiger partial charge is 0.254 e. The van der Waals surface area contributed by atoms with Gasteiger partial charge in [-0.05, 0) is 24.3 Å². The van der Waals surface area contributed by atoms with Crippen molar-refractivity contribution in [3.63, 3.8) is 0 Å². The molecule has 0 spiro atoms. The molecule has 1 aliphatic rings. The standard InChI is InChI=1S/C13H18N2O5S/c1-14(2)21(19,20)10-5-3-9(4-6-10)13(18)15-7-11(16)12(17)8-15/h3-6,11-12,16-17H,7-8H2,1-2H3/t11-,12+. The second kappa shape index (κ2) is 5.72. The van der Waals surface area contributed by atoms with Gasteiger partial charge in [-0.3, -0.25) is 4.79 Å². The summed E-state index contributed by atoms with van der Waals surface area (Å²) in [6.07, 6.45) is -1.88. The summed E-state index contributed by atoms with van der Waals surface area (Å²) in [5.41, 5.74) is 0.314. The van der Waals surface area contributed by atoms with Crippen LogP contribution in [0.1, 0.15) is 10.4 Å². The number of hydrogen-bond acceptors (Lipinski definition) is 5. The van der Waals surface area contributed by atoms with E-state index in [1.165, 1.54) is 43.3 Å². The molecule has 1 aromatic rings. The molecule has 2 atom stereocenters. The minimum absolute atomic E-state index is 0.0672. The number of carbonyl (C=O) groups is 1. The molecule has 0 saturated carbocycles. The van der Waals surface area contributed by atoms with Gasteiger partial charge in [0.15, 0.2) is 0 Å². The topological polar surface area (TPSA) is 98.2 Å². The number of sulfonamides is 1. The number of hydrogen-bond donors (Lipinski definition) is 2. The molecule has 0 radical (unpaired) electrons. The fraction of sp³-hybridized carbons (Fsp3) is 0.462. The second-order valence-corrected chi connectivity index (χ2v) is 7.31. The van der Waals surface area contributed by atoms with Gasteiger partial charge in [-0.15, -0.1) is 0 Å². The van der Waals surface area contributed by atoms with Crippen molar-refractivity contribution >= 4 is 15.9 Å². The normalized spacial score (nSPS) is 22.8. The molecule has 7 nitrogen and oxygen atoms in total. The first-order valence-corrected chi connectivity index (χ1v) is 7.85. The number of nitrogens with zero attached hydrogens (tertiary/aromatic N) is 2. The number of β-amino-alcohol motifs (C(OH)–C–C–N with tert-alkyl or cyclic N) is 2.